The number of hydrogen-bond acceptors (Lipinski definition) is 3. The lowest BCUT2D eigenvalue weighted by Crippen LogP contribution is -2.25. The molecule has 0 aromatic carbocycles. The van der Waals surface area contributed by atoms with Crippen LogP contribution in [0.5, 0.6) is 0 Å². The van der Waals surface area contributed by atoms with Crippen molar-refractivity contribution in [1.29, 1.82) is 0 Å². The van der Waals surface area contributed by atoms with Crippen molar-refractivity contribution in [2.45, 2.75) is 18.9 Å². The molecule has 1 N–H and O–H groups in total. The Balaban J connectivity index is 1.85. The number of carbonyl (C=O) groups excluding carboxylic acids is 1. The Labute approximate surface area is 104 Å². The van der Waals surface area contributed by atoms with Crippen molar-refractivity contribution in [2.24, 2.45) is 0 Å². The summed E-state index contributed by atoms with van der Waals surface area (Å²) in [5, 5.41) is 4.99. The second-order valence-electron chi connectivity index (χ2n) is 4.15. The van der Waals surface area contributed by atoms with Gasteiger partial charge in [-0.25, -0.2) is 0 Å². The quantitative estimate of drug-likeness (QED) is 0.902. The van der Waals surface area contributed by atoms with Crippen LogP contribution in [0.2, 0.25) is 0 Å². The minimum Gasteiger partial charge on any atom is -0.349 e. The molecule has 2 heterocycles. The number of pyridine rings is 1. The van der Waals surface area contributed by atoms with E-state index in [0.29, 0.717) is 11.6 Å². The van der Waals surface area contributed by atoms with Crippen LogP contribution in [0, 0.1) is 0 Å². The van der Waals surface area contributed by atoms with Gasteiger partial charge in [0.25, 0.3) is 5.91 Å². The Kier molecular flexibility index (Phi) is 2.65. The van der Waals surface area contributed by atoms with Gasteiger partial charge in [-0.15, -0.1) is 11.3 Å². The summed E-state index contributed by atoms with van der Waals surface area (Å²) in [5.41, 5.74) is 1.55. The number of rotatable bonds is 3. The molecule has 0 unspecified atom stereocenters. The Morgan fingerprint density at radius 3 is 3.00 bits per heavy atom. The zero-order chi connectivity index (χ0) is 11.7. The lowest BCUT2D eigenvalue weighted by molar-refractivity contribution is 0.0951. The fraction of sp³-hybridized carbons (Fsp3) is 0.231. The van der Waals surface area contributed by atoms with E-state index in [-0.39, 0.29) is 5.91 Å². The standard InChI is InChI=1S/C13H12N2OS/c16-13(15-10-3-4-10)9-5-6-14-11(8-9)12-2-1-7-17-12/h1-2,5-8,10H,3-4H2,(H,15,16). The van der Waals surface area contributed by atoms with Crippen molar-refractivity contribution < 1.29 is 4.79 Å². The molecule has 1 amide bonds. The van der Waals surface area contributed by atoms with E-state index in [1.807, 2.05) is 23.6 Å². The smallest absolute Gasteiger partial charge is 0.251 e. The zero-order valence-corrected chi connectivity index (χ0v) is 10.0. The predicted molar refractivity (Wildman–Crippen MR) is 68.0 cm³/mol. The summed E-state index contributed by atoms with van der Waals surface area (Å²) in [4.78, 5) is 17.3. The molecule has 86 valence electrons. The van der Waals surface area contributed by atoms with Crippen molar-refractivity contribution in [2.75, 3.05) is 0 Å². The average molecular weight is 244 g/mol. The van der Waals surface area contributed by atoms with Crippen LogP contribution in [-0.4, -0.2) is 16.9 Å². The van der Waals surface area contributed by atoms with Crippen molar-refractivity contribution in [3.05, 3.63) is 41.4 Å². The first-order valence-electron chi connectivity index (χ1n) is 5.64. The van der Waals surface area contributed by atoms with E-state index in [2.05, 4.69) is 10.3 Å². The number of amides is 1. The lowest BCUT2D eigenvalue weighted by atomic mass is 10.2. The maximum absolute atomic E-state index is 11.9. The van der Waals surface area contributed by atoms with Gasteiger partial charge in [0.15, 0.2) is 0 Å². The van der Waals surface area contributed by atoms with Crippen LogP contribution in [0.3, 0.4) is 0 Å². The van der Waals surface area contributed by atoms with E-state index >= 15 is 0 Å². The molecule has 2 aromatic rings. The van der Waals surface area contributed by atoms with Gasteiger partial charge in [-0.1, -0.05) is 6.07 Å². The SMILES string of the molecule is O=C(NC1CC1)c1ccnc(-c2cccs2)c1. The molecule has 1 saturated carbocycles. The van der Waals surface area contributed by atoms with Gasteiger partial charge in [-0.2, -0.15) is 0 Å². The summed E-state index contributed by atoms with van der Waals surface area (Å²) >= 11 is 1.63. The Bertz CT molecular complexity index is 532. The molecule has 0 bridgehead atoms. The fourth-order valence-corrected chi connectivity index (χ4v) is 2.32. The highest BCUT2D eigenvalue weighted by Gasteiger charge is 2.23. The monoisotopic (exact) mass is 244 g/mol. The van der Waals surface area contributed by atoms with E-state index in [0.717, 1.165) is 23.4 Å². The third-order valence-electron chi connectivity index (χ3n) is 2.71. The highest BCUT2D eigenvalue weighted by atomic mass is 32.1. The van der Waals surface area contributed by atoms with Crippen LogP contribution in [0.4, 0.5) is 0 Å². The molecule has 1 aliphatic carbocycles. The van der Waals surface area contributed by atoms with Gasteiger partial charge in [-0.05, 0) is 36.4 Å². The predicted octanol–water partition coefficient (Wildman–Crippen LogP) is 2.70. The van der Waals surface area contributed by atoms with Gasteiger partial charge < -0.3 is 5.32 Å². The van der Waals surface area contributed by atoms with Gasteiger partial charge in [0.1, 0.15) is 0 Å². The zero-order valence-electron chi connectivity index (χ0n) is 9.22. The molecule has 4 heteroatoms. The largest absolute Gasteiger partial charge is 0.349 e. The molecule has 1 fully saturated rings. The normalized spacial score (nSPS) is 14.6. The first-order chi connectivity index (χ1) is 8.33. The number of nitrogens with zero attached hydrogens (tertiary/aromatic N) is 1. The summed E-state index contributed by atoms with van der Waals surface area (Å²) in [6.07, 6.45) is 3.90. The maximum atomic E-state index is 11.9. The van der Waals surface area contributed by atoms with Crippen molar-refractivity contribution >= 4 is 17.2 Å². The Hall–Kier alpha value is -1.68. The van der Waals surface area contributed by atoms with E-state index in [1.54, 1.807) is 23.6 Å². The van der Waals surface area contributed by atoms with Crippen LogP contribution in [0.15, 0.2) is 35.8 Å². The third kappa shape index (κ3) is 2.36. The molecular formula is C13H12N2OS. The molecule has 0 radical (unpaired) electrons. The van der Waals surface area contributed by atoms with Gasteiger partial charge in [0, 0.05) is 17.8 Å². The highest BCUT2D eigenvalue weighted by Crippen LogP contribution is 2.24. The van der Waals surface area contributed by atoms with Crippen molar-refractivity contribution in [3.8, 4) is 10.6 Å². The molecule has 1 aliphatic rings. The molecule has 0 atom stereocenters. The Morgan fingerprint density at radius 2 is 2.29 bits per heavy atom. The third-order valence-corrected chi connectivity index (χ3v) is 3.60. The summed E-state index contributed by atoms with van der Waals surface area (Å²) in [5.74, 6) is 0.00714. The molecule has 2 aromatic heterocycles. The fourth-order valence-electron chi connectivity index (χ4n) is 1.63. The number of hydrogen-bond donors (Lipinski definition) is 1. The van der Waals surface area contributed by atoms with Gasteiger partial charge in [-0.3, -0.25) is 9.78 Å². The van der Waals surface area contributed by atoms with Crippen LogP contribution < -0.4 is 5.32 Å². The van der Waals surface area contributed by atoms with E-state index < -0.39 is 0 Å². The van der Waals surface area contributed by atoms with Gasteiger partial charge in [0.2, 0.25) is 0 Å². The van der Waals surface area contributed by atoms with Gasteiger partial charge >= 0.3 is 0 Å². The second kappa shape index (κ2) is 4.30. The second-order valence-corrected chi connectivity index (χ2v) is 5.10. The number of carbonyl (C=O) groups is 1. The lowest BCUT2D eigenvalue weighted by Gasteiger charge is -2.04. The molecule has 0 aliphatic heterocycles. The summed E-state index contributed by atoms with van der Waals surface area (Å²) in [6, 6.07) is 7.99. The number of nitrogens with one attached hydrogen (secondary N) is 1. The number of thiophene rings is 1. The van der Waals surface area contributed by atoms with Gasteiger partial charge in [0.05, 0.1) is 10.6 Å². The minimum atomic E-state index is 0.00714. The summed E-state index contributed by atoms with van der Waals surface area (Å²) in [6.45, 7) is 0. The topological polar surface area (TPSA) is 42.0 Å². The minimum absolute atomic E-state index is 0.00714. The highest BCUT2D eigenvalue weighted by molar-refractivity contribution is 7.13. The molecule has 3 nitrogen and oxygen atoms in total. The van der Waals surface area contributed by atoms with E-state index in [4.69, 9.17) is 0 Å². The van der Waals surface area contributed by atoms with Crippen LogP contribution in [0.25, 0.3) is 10.6 Å². The molecule has 0 spiro atoms. The van der Waals surface area contributed by atoms with Crippen LogP contribution >= 0.6 is 11.3 Å². The molecule has 17 heavy (non-hydrogen) atoms. The summed E-state index contributed by atoms with van der Waals surface area (Å²) in [7, 11) is 0. The first kappa shape index (κ1) is 10.5. The molecule has 0 saturated heterocycles. The van der Waals surface area contributed by atoms with E-state index in [9.17, 15) is 4.79 Å². The van der Waals surface area contributed by atoms with Crippen molar-refractivity contribution in [1.82, 2.24) is 10.3 Å². The first-order valence-corrected chi connectivity index (χ1v) is 6.52. The van der Waals surface area contributed by atoms with Crippen LogP contribution in [0.1, 0.15) is 23.2 Å². The molecule has 3 rings (SSSR count). The van der Waals surface area contributed by atoms with Crippen molar-refractivity contribution in [3.63, 3.8) is 0 Å². The Morgan fingerprint density at radius 1 is 1.41 bits per heavy atom. The number of aromatic nitrogens is 1. The summed E-state index contributed by atoms with van der Waals surface area (Å²) < 4.78 is 0. The van der Waals surface area contributed by atoms with E-state index in [1.165, 1.54) is 0 Å². The molecular weight excluding hydrogens is 232 g/mol. The average Bonchev–Trinajstić information content (AvgIpc) is 3.00. The maximum Gasteiger partial charge on any atom is 0.251 e. The van der Waals surface area contributed by atoms with Crippen LogP contribution in [-0.2, 0) is 0 Å².